The van der Waals surface area contributed by atoms with Crippen LogP contribution in [0, 0.1) is 12.7 Å². The molecular weight excluding hydrogens is 317 g/mol. The van der Waals surface area contributed by atoms with Crippen molar-refractivity contribution in [2.45, 2.75) is 25.7 Å². The molecule has 0 unspecified atom stereocenters. The van der Waals surface area contributed by atoms with Crippen LogP contribution in [0.2, 0.25) is 0 Å². The number of methoxy groups -OCH3 is 1. The van der Waals surface area contributed by atoms with E-state index in [0.717, 1.165) is 48.1 Å². The molecule has 130 valence electrons. The summed E-state index contributed by atoms with van der Waals surface area (Å²) < 4.78 is 19.0. The minimum Gasteiger partial charge on any atom is -0.494 e. The zero-order valence-electron chi connectivity index (χ0n) is 14.5. The molecule has 1 aromatic heterocycles. The van der Waals surface area contributed by atoms with Gasteiger partial charge < -0.3 is 15.0 Å². The number of nitrogens with one attached hydrogen (secondary N) is 2. The maximum Gasteiger partial charge on any atom is 0.165 e. The highest BCUT2D eigenvalue weighted by Crippen LogP contribution is 2.31. The number of aromatic amines is 1. The Morgan fingerprint density at radius 3 is 2.68 bits per heavy atom. The summed E-state index contributed by atoms with van der Waals surface area (Å²) in [5.74, 6) is 1.13. The van der Waals surface area contributed by atoms with Gasteiger partial charge in [0, 0.05) is 5.56 Å². The van der Waals surface area contributed by atoms with Crippen LogP contribution < -0.4 is 10.1 Å². The van der Waals surface area contributed by atoms with Gasteiger partial charge in [-0.1, -0.05) is 6.07 Å². The molecule has 0 saturated carbocycles. The molecule has 0 radical (unpaired) electrons. The molecule has 0 aliphatic carbocycles. The van der Waals surface area contributed by atoms with Crippen molar-refractivity contribution in [2.24, 2.45) is 0 Å². The third kappa shape index (κ3) is 3.00. The molecule has 0 bridgehead atoms. The second kappa shape index (κ2) is 6.48. The molecule has 5 heteroatoms. The number of aryl methyl sites for hydroxylation is 1. The molecule has 4 rings (SSSR count). The Labute approximate surface area is 146 Å². The molecule has 1 aliphatic heterocycles. The number of aromatic nitrogens is 2. The van der Waals surface area contributed by atoms with Crippen molar-refractivity contribution >= 4 is 11.0 Å². The molecule has 2 N–H and O–H groups in total. The summed E-state index contributed by atoms with van der Waals surface area (Å²) in [6, 6.07) is 9.36. The van der Waals surface area contributed by atoms with Crippen LogP contribution in [0.4, 0.5) is 4.39 Å². The predicted octanol–water partition coefficient (Wildman–Crippen LogP) is 4.15. The van der Waals surface area contributed by atoms with Crippen LogP contribution in [0.25, 0.3) is 22.4 Å². The smallest absolute Gasteiger partial charge is 0.165 e. The largest absolute Gasteiger partial charge is 0.494 e. The molecule has 1 aliphatic rings. The molecule has 4 nitrogen and oxygen atoms in total. The number of rotatable bonds is 3. The van der Waals surface area contributed by atoms with E-state index < -0.39 is 0 Å². The molecule has 25 heavy (non-hydrogen) atoms. The Morgan fingerprint density at radius 1 is 1.16 bits per heavy atom. The van der Waals surface area contributed by atoms with Gasteiger partial charge in [0.05, 0.1) is 18.1 Å². The molecule has 1 fully saturated rings. The molecule has 3 aromatic rings. The predicted molar refractivity (Wildman–Crippen MR) is 97.6 cm³/mol. The Balaban J connectivity index is 1.74. The number of nitrogens with zero attached hydrogens (tertiary/aromatic N) is 1. The van der Waals surface area contributed by atoms with Gasteiger partial charge in [-0.15, -0.1) is 0 Å². The fourth-order valence-electron chi connectivity index (χ4n) is 3.66. The fraction of sp³-hybridized carbons (Fsp3) is 0.350. The van der Waals surface area contributed by atoms with E-state index in [1.165, 1.54) is 18.7 Å². The van der Waals surface area contributed by atoms with Crippen LogP contribution in [-0.4, -0.2) is 30.2 Å². The zero-order valence-corrected chi connectivity index (χ0v) is 14.5. The van der Waals surface area contributed by atoms with Crippen LogP contribution in [0.1, 0.15) is 29.9 Å². The van der Waals surface area contributed by atoms with E-state index in [4.69, 9.17) is 4.74 Å². The first-order valence-corrected chi connectivity index (χ1v) is 8.70. The van der Waals surface area contributed by atoms with Gasteiger partial charge in [0.2, 0.25) is 0 Å². The first-order chi connectivity index (χ1) is 12.2. The minimum atomic E-state index is -0.382. The number of fused-ring (bicyclic) bond motifs is 1. The summed E-state index contributed by atoms with van der Waals surface area (Å²) in [4.78, 5) is 8.05. The van der Waals surface area contributed by atoms with Crippen molar-refractivity contribution in [3.63, 3.8) is 0 Å². The van der Waals surface area contributed by atoms with Gasteiger partial charge in [0.1, 0.15) is 5.82 Å². The van der Waals surface area contributed by atoms with Crippen molar-refractivity contribution in [1.29, 1.82) is 0 Å². The second-order valence-electron chi connectivity index (χ2n) is 6.69. The SMILES string of the molecule is COc1ccc(-c2nc3c(C)cc(C4CCNCC4)cc3[nH]2)cc1F. The molecular formula is C20H22FN3O. The van der Waals surface area contributed by atoms with Gasteiger partial charge in [-0.05, 0) is 74.2 Å². The van der Waals surface area contributed by atoms with Gasteiger partial charge in [-0.3, -0.25) is 0 Å². The lowest BCUT2D eigenvalue weighted by Gasteiger charge is -2.23. The Bertz CT molecular complexity index is 913. The number of benzene rings is 2. The van der Waals surface area contributed by atoms with Crippen LogP contribution in [0.5, 0.6) is 5.75 Å². The summed E-state index contributed by atoms with van der Waals surface area (Å²) in [6.45, 7) is 4.23. The maximum atomic E-state index is 14.0. The molecule has 0 spiro atoms. The average Bonchev–Trinajstić information content (AvgIpc) is 3.07. The first kappa shape index (κ1) is 16.1. The van der Waals surface area contributed by atoms with Gasteiger partial charge in [-0.25, -0.2) is 9.37 Å². The van der Waals surface area contributed by atoms with Crippen molar-refractivity contribution in [1.82, 2.24) is 15.3 Å². The summed E-state index contributed by atoms with van der Waals surface area (Å²) in [7, 11) is 1.46. The Hall–Kier alpha value is -2.40. The van der Waals surface area contributed by atoms with Gasteiger partial charge in [-0.2, -0.15) is 0 Å². The van der Waals surface area contributed by atoms with E-state index in [2.05, 4.69) is 34.3 Å². The van der Waals surface area contributed by atoms with E-state index in [9.17, 15) is 4.39 Å². The van der Waals surface area contributed by atoms with Gasteiger partial charge in [0.15, 0.2) is 11.6 Å². The lowest BCUT2D eigenvalue weighted by Crippen LogP contribution is -2.26. The van der Waals surface area contributed by atoms with E-state index in [-0.39, 0.29) is 11.6 Å². The van der Waals surface area contributed by atoms with Crippen molar-refractivity contribution < 1.29 is 9.13 Å². The fourth-order valence-corrected chi connectivity index (χ4v) is 3.66. The quantitative estimate of drug-likeness (QED) is 0.753. The number of H-pyrrole nitrogens is 1. The first-order valence-electron chi connectivity index (χ1n) is 8.70. The summed E-state index contributed by atoms with van der Waals surface area (Å²) in [6.07, 6.45) is 2.32. The standard InChI is InChI=1S/C20H22FN3O/c1-12-9-15(13-5-7-22-8-6-13)11-17-19(12)24-20(23-17)14-3-4-18(25-2)16(21)10-14/h3-4,9-11,13,22H,5-8H2,1-2H3,(H,23,24). The van der Waals surface area contributed by atoms with Crippen LogP contribution in [0.15, 0.2) is 30.3 Å². The van der Waals surface area contributed by atoms with Crippen LogP contribution in [0.3, 0.4) is 0 Å². The van der Waals surface area contributed by atoms with Crippen molar-refractivity contribution in [3.05, 3.63) is 47.3 Å². The normalized spacial score (nSPS) is 15.6. The lowest BCUT2D eigenvalue weighted by molar-refractivity contribution is 0.386. The monoisotopic (exact) mass is 339 g/mol. The Morgan fingerprint density at radius 2 is 1.96 bits per heavy atom. The summed E-state index contributed by atoms with van der Waals surface area (Å²) >= 11 is 0. The van der Waals surface area contributed by atoms with Gasteiger partial charge >= 0.3 is 0 Å². The van der Waals surface area contributed by atoms with E-state index >= 15 is 0 Å². The summed E-state index contributed by atoms with van der Waals surface area (Å²) in [5, 5.41) is 3.41. The number of halogens is 1. The third-order valence-electron chi connectivity index (χ3n) is 5.04. The number of ether oxygens (including phenoxy) is 1. The van der Waals surface area contributed by atoms with Crippen molar-refractivity contribution in [2.75, 3.05) is 20.2 Å². The number of piperidine rings is 1. The topological polar surface area (TPSA) is 49.9 Å². The van der Waals surface area contributed by atoms with Crippen LogP contribution >= 0.6 is 0 Å². The molecule has 2 aromatic carbocycles. The number of hydrogen-bond donors (Lipinski definition) is 2. The highest BCUT2D eigenvalue weighted by Gasteiger charge is 2.18. The second-order valence-corrected chi connectivity index (χ2v) is 6.69. The zero-order chi connectivity index (χ0) is 17.4. The van der Waals surface area contributed by atoms with E-state index in [1.807, 2.05) is 6.07 Å². The third-order valence-corrected chi connectivity index (χ3v) is 5.04. The highest BCUT2D eigenvalue weighted by molar-refractivity contribution is 5.83. The molecule has 2 heterocycles. The average molecular weight is 339 g/mol. The molecule has 0 amide bonds. The molecule has 0 atom stereocenters. The highest BCUT2D eigenvalue weighted by atomic mass is 19.1. The minimum absolute atomic E-state index is 0.240. The number of imidazole rings is 1. The van der Waals surface area contributed by atoms with E-state index in [0.29, 0.717) is 11.7 Å². The van der Waals surface area contributed by atoms with E-state index in [1.54, 1.807) is 6.07 Å². The lowest BCUT2D eigenvalue weighted by atomic mass is 9.89. The van der Waals surface area contributed by atoms with Gasteiger partial charge in [0.25, 0.3) is 0 Å². The molecule has 1 saturated heterocycles. The van der Waals surface area contributed by atoms with Crippen molar-refractivity contribution in [3.8, 4) is 17.1 Å². The number of hydrogen-bond acceptors (Lipinski definition) is 3. The maximum absolute atomic E-state index is 14.0. The Kier molecular flexibility index (Phi) is 4.17. The summed E-state index contributed by atoms with van der Waals surface area (Å²) in [5.41, 5.74) is 5.20. The van der Waals surface area contributed by atoms with Crippen LogP contribution in [-0.2, 0) is 0 Å².